The lowest BCUT2D eigenvalue weighted by molar-refractivity contribution is -0.133. The van der Waals surface area contributed by atoms with Gasteiger partial charge in [0.2, 0.25) is 5.91 Å². The van der Waals surface area contributed by atoms with E-state index in [2.05, 4.69) is 0 Å². The van der Waals surface area contributed by atoms with Crippen molar-refractivity contribution >= 4 is 11.6 Å². The van der Waals surface area contributed by atoms with E-state index in [-0.39, 0.29) is 11.9 Å². The van der Waals surface area contributed by atoms with Crippen LogP contribution in [-0.2, 0) is 4.79 Å². The van der Waals surface area contributed by atoms with E-state index in [1.807, 2.05) is 90.6 Å². The van der Waals surface area contributed by atoms with Crippen LogP contribution in [0.1, 0.15) is 37.1 Å². The highest BCUT2D eigenvalue weighted by atomic mass is 16.3. The second-order valence-electron chi connectivity index (χ2n) is 7.41. The first-order chi connectivity index (χ1) is 15.2. The molecule has 2 aromatic heterocycles. The third-order valence-corrected chi connectivity index (χ3v) is 5.43. The normalized spacial score (nSPS) is 15.8. The van der Waals surface area contributed by atoms with Gasteiger partial charge >= 0.3 is 0 Å². The van der Waals surface area contributed by atoms with Gasteiger partial charge in [-0.05, 0) is 24.3 Å². The first-order valence-corrected chi connectivity index (χ1v) is 10.4. The highest BCUT2D eigenvalue weighted by molar-refractivity contribution is 6.07. The van der Waals surface area contributed by atoms with E-state index >= 15 is 0 Å². The number of hydrogen-bond donors (Lipinski definition) is 0. The van der Waals surface area contributed by atoms with Gasteiger partial charge in [0.15, 0.2) is 0 Å². The molecule has 0 unspecified atom stereocenters. The van der Waals surface area contributed by atoms with Gasteiger partial charge in [0.25, 0.3) is 0 Å². The van der Waals surface area contributed by atoms with Crippen LogP contribution < -0.4 is 0 Å². The highest BCUT2D eigenvalue weighted by Gasteiger charge is 2.35. The van der Waals surface area contributed by atoms with Crippen molar-refractivity contribution in [2.75, 3.05) is 0 Å². The number of hydrazone groups is 1. The number of carbonyl (C=O) groups is 1. The maximum absolute atomic E-state index is 12.6. The summed E-state index contributed by atoms with van der Waals surface area (Å²) in [6.45, 7) is 1.85. The lowest BCUT2D eigenvalue weighted by atomic mass is 10.00. The molecule has 1 atom stereocenters. The summed E-state index contributed by atoms with van der Waals surface area (Å²) in [5.41, 5.74) is 4.55. The molecule has 3 heterocycles. The number of hydrogen-bond acceptors (Lipinski definition) is 4. The van der Waals surface area contributed by atoms with Gasteiger partial charge in [-0.3, -0.25) is 4.79 Å². The van der Waals surface area contributed by atoms with Gasteiger partial charge in [-0.15, -0.1) is 0 Å². The van der Waals surface area contributed by atoms with Crippen molar-refractivity contribution in [3.05, 3.63) is 96.6 Å². The fraction of sp³-hybridized carbons (Fsp3) is 0.160. The summed E-state index contributed by atoms with van der Waals surface area (Å²) in [6.07, 6.45) is 4.57. The molecule has 0 radical (unpaired) electrons. The number of amides is 1. The maximum Gasteiger partial charge on any atom is 0.243 e. The minimum absolute atomic E-state index is 0.0342. The van der Waals surface area contributed by atoms with Crippen LogP contribution in [0, 0.1) is 0 Å². The van der Waals surface area contributed by atoms with Crippen molar-refractivity contribution in [3.63, 3.8) is 0 Å². The van der Waals surface area contributed by atoms with Crippen LogP contribution >= 0.6 is 0 Å². The van der Waals surface area contributed by atoms with Crippen LogP contribution in [-0.4, -0.2) is 26.4 Å². The minimum atomic E-state index is -0.249. The first-order valence-electron chi connectivity index (χ1n) is 10.4. The highest BCUT2D eigenvalue weighted by Crippen LogP contribution is 2.36. The molecule has 0 aliphatic carbocycles. The Morgan fingerprint density at radius 1 is 1.03 bits per heavy atom. The molecule has 6 heteroatoms. The predicted octanol–water partition coefficient (Wildman–Crippen LogP) is 5.22. The Balaban J connectivity index is 1.62. The molecule has 0 N–H and O–H groups in total. The molecule has 0 saturated heterocycles. The number of nitrogens with zero attached hydrogens (tertiary/aromatic N) is 4. The lowest BCUT2D eigenvalue weighted by Gasteiger charge is -2.18. The number of aromatic nitrogens is 2. The van der Waals surface area contributed by atoms with Crippen LogP contribution in [0.25, 0.3) is 16.9 Å². The average Bonchev–Trinajstić information content (AvgIpc) is 3.58. The fourth-order valence-electron chi connectivity index (χ4n) is 3.87. The lowest BCUT2D eigenvalue weighted by Crippen LogP contribution is -2.25. The molecule has 0 fully saturated rings. The molecule has 0 bridgehead atoms. The van der Waals surface area contributed by atoms with Gasteiger partial charge in [-0.25, -0.2) is 9.69 Å². The van der Waals surface area contributed by atoms with E-state index in [0.29, 0.717) is 12.8 Å². The van der Waals surface area contributed by atoms with Crippen LogP contribution in [0.3, 0.4) is 0 Å². The molecule has 1 aliphatic heterocycles. The Morgan fingerprint density at radius 3 is 2.45 bits per heavy atom. The SMILES string of the molecule is CCC(=O)N1N=C(c2cn(-c3ccccc3)nc2-c2ccccc2)C[C@H]1c1ccco1. The van der Waals surface area contributed by atoms with Gasteiger partial charge in [-0.2, -0.15) is 10.2 Å². The molecule has 0 spiro atoms. The molecule has 154 valence electrons. The summed E-state index contributed by atoms with van der Waals surface area (Å²) in [6, 6.07) is 23.5. The predicted molar refractivity (Wildman–Crippen MR) is 119 cm³/mol. The summed E-state index contributed by atoms with van der Waals surface area (Å²) < 4.78 is 7.50. The molecule has 6 nitrogen and oxygen atoms in total. The summed E-state index contributed by atoms with van der Waals surface area (Å²) in [5.74, 6) is 0.699. The standard InChI is InChI=1S/C25H22N4O2/c1-2-24(30)29-22(23-14-9-15-31-23)16-21(26-29)20-17-28(19-12-7-4-8-13-19)27-25(20)18-10-5-3-6-11-18/h3-15,17,22H,2,16H2,1H3/t22-/m0/s1. The Morgan fingerprint density at radius 2 is 1.77 bits per heavy atom. The van der Waals surface area contributed by atoms with E-state index in [4.69, 9.17) is 14.6 Å². The van der Waals surface area contributed by atoms with Crippen LogP contribution in [0.2, 0.25) is 0 Å². The van der Waals surface area contributed by atoms with E-state index in [1.165, 1.54) is 0 Å². The molecule has 1 amide bonds. The smallest absolute Gasteiger partial charge is 0.243 e. The Labute approximate surface area is 180 Å². The second kappa shape index (κ2) is 8.07. The van der Waals surface area contributed by atoms with Crippen LogP contribution in [0.5, 0.6) is 0 Å². The van der Waals surface area contributed by atoms with E-state index in [9.17, 15) is 4.79 Å². The largest absolute Gasteiger partial charge is 0.467 e. The second-order valence-corrected chi connectivity index (χ2v) is 7.41. The molecular weight excluding hydrogens is 388 g/mol. The molecular formula is C25H22N4O2. The summed E-state index contributed by atoms with van der Waals surface area (Å²) in [4.78, 5) is 12.6. The summed E-state index contributed by atoms with van der Waals surface area (Å²) >= 11 is 0. The molecule has 0 saturated carbocycles. The van der Waals surface area contributed by atoms with Crippen LogP contribution in [0.4, 0.5) is 0 Å². The summed E-state index contributed by atoms with van der Waals surface area (Å²) in [5, 5.41) is 11.2. The van der Waals surface area contributed by atoms with E-state index in [1.54, 1.807) is 11.3 Å². The van der Waals surface area contributed by atoms with E-state index in [0.717, 1.165) is 34.0 Å². The van der Waals surface area contributed by atoms with E-state index < -0.39 is 0 Å². The van der Waals surface area contributed by atoms with Gasteiger partial charge in [0.05, 0.1) is 17.7 Å². The third-order valence-electron chi connectivity index (χ3n) is 5.43. The van der Waals surface area contributed by atoms with Gasteiger partial charge in [0, 0.05) is 30.2 Å². The topological polar surface area (TPSA) is 63.6 Å². The monoisotopic (exact) mass is 410 g/mol. The average molecular weight is 410 g/mol. The zero-order valence-corrected chi connectivity index (χ0v) is 17.2. The van der Waals surface area contributed by atoms with Crippen molar-refractivity contribution in [1.29, 1.82) is 0 Å². The van der Waals surface area contributed by atoms with Crippen molar-refractivity contribution in [2.45, 2.75) is 25.8 Å². The zero-order valence-electron chi connectivity index (χ0n) is 17.2. The first kappa shape index (κ1) is 19.1. The number of para-hydroxylation sites is 1. The Kier molecular flexibility index (Phi) is 4.96. The van der Waals surface area contributed by atoms with Crippen molar-refractivity contribution < 1.29 is 9.21 Å². The quantitative estimate of drug-likeness (QED) is 0.453. The molecule has 1 aliphatic rings. The number of carbonyl (C=O) groups excluding carboxylic acids is 1. The molecule has 5 rings (SSSR count). The summed E-state index contributed by atoms with van der Waals surface area (Å²) in [7, 11) is 0. The Bertz CT molecular complexity index is 1210. The number of furan rings is 1. The zero-order chi connectivity index (χ0) is 21.2. The van der Waals surface area contributed by atoms with Gasteiger partial charge in [0.1, 0.15) is 17.5 Å². The van der Waals surface area contributed by atoms with Crippen molar-refractivity contribution in [1.82, 2.24) is 14.8 Å². The van der Waals surface area contributed by atoms with Crippen molar-refractivity contribution in [3.8, 4) is 16.9 Å². The number of rotatable bonds is 5. The third kappa shape index (κ3) is 3.57. The number of benzene rings is 2. The Hall–Kier alpha value is -3.93. The van der Waals surface area contributed by atoms with Crippen molar-refractivity contribution in [2.24, 2.45) is 5.10 Å². The van der Waals surface area contributed by atoms with Gasteiger partial charge < -0.3 is 4.42 Å². The van der Waals surface area contributed by atoms with Gasteiger partial charge in [-0.1, -0.05) is 55.5 Å². The minimum Gasteiger partial charge on any atom is -0.467 e. The molecule has 2 aromatic carbocycles. The fourth-order valence-corrected chi connectivity index (χ4v) is 3.87. The molecule has 31 heavy (non-hydrogen) atoms. The maximum atomic E-state index is 12.6. The molecule has 4 aromatic rings. The van der Waals surface area contributed by atoms with Crippen LogP contribution in [0.15, 0.2) is 94.8 Å².